The van der Waals surface area contributed by atoms with E-state index in [9.17, 15) is 0 Å². The van der Waals surface area contributed by atoms with Gasteiger partial charge in [0, 0.05) is 0 Å². The number of hydrogen-bond acceptors (Lipinski definition) is 0. The van der Waals surface area contributed by atoms with E-state index in [0.717, 1.165) is 12.5 Å². The van der Waals surface area contributed by atoms with Crippen molar-refractivity contribution in [3.05, 3.63) is 54.6 Å². The molecule has 0 fully saturated rings. The van der Waals surface area contributed by atoms with Gasteiger partial charge in [-0.1, -0.05) is 134 Å². The van der Waals surface area contributed by atoms with Crippen LogP contribution in [0, 0.1) is 5.92 Å². The lowest BCUT2D eigenvalue weighted by Crippen LogP contribution is -2.31. The SMILES string of the molecule is CC(C)CCCCCCCCCCCCCCCC(CC[n+]1cc[nH]c1)c1ccccc1. The number of nitrogens with one attached hydrogen (secondary N) is 1. The fraction of sp³-hybridized carbons (Fsp3) is 0.700. The molecule has 1 aromatic carbocycles. The lowest BCUT2D eigenvalue weighted by Gasteiger charge is -2.16. The van der Waals surface area contributed by atoms with Crippen molar-refractivity contribution in [3.8, 4) is 0 Å². The highest BCUT2D eigenvalue weighted by molar-refractivity contribution is 5.19. The van der Waals surface area contributed by atoms with Gasteiger partial charge >= 0.3 is 0 Å². The number of nitrogens with zero attached hydrogens (tertiary/aromatic N) is 1. The summed E-state index contributed by atoms with van der Waals surface area (Å²) >= 11 is 0. The number of unbranched alkanes of at least 4 members (excludes halogenated alkanes) is 12. The summed E-state index contributed by atoms with van der Waals surface area (Å²) in [6.45, 7) is 5.78. The van der Waals surface area contributed by atoms with Crippen LogP contribution >= 0.6 is 0 Å². The number of hydrogen-bond donors (Lipinski definition) is 1. The van der Waals surface area contributed by atoms with Crippen LogP contribution in [-0.2, 0) is 6.54 Å². The molecule has 1 atom stereocenters. The van der Waals surface area contributed by atoms with Crippen molar-refractivity contribution >= 4 is 0 Å². The third-order valence-corrected chi connectivity index (χ3v) is 6.94. The minimum atomic E-state index is 0.684. The molecule has 0 aliphatic carbocycles. The maximum Gasteiger partial charge on any atom is 0.241 e. The van der Waals surface area contributed by atoms with Gasteiger partial charge in [0.25, 0.3) is 0 Å². The van der Waals surface area contributed by atoms with Crippen LogP contribution in [0.1, 0.15) is 128 Å². The molecule has 32 heavy (non-hydrogen) atoms. The first kappa shape index (κ1) is 26.7. The fourth-order valence-corrected chi connectivity index (χ4v) is 4.86. The van der Waals surface area contributed by atoms with Gasteiger partial charge in [-0.2, -0.15) is 0 Å². The van der Waals surface area contributed by atoms with Crippen LogP contribution in [0.5, 0.6) is 0 Å². The van der Waals surface area contributed by atoms with Crippen molar-refractivity contribution < 1.29 is 4.57 Å². The van der Waals surface area contributed by atoms with Crippen LogP contribution in [-0.4, -0.2) is 4.98 Å². The highest BCUT2D eigenvalue weighted by Gasteiger charge is 2.12. The number of benzene rings is 1. The number of aromatic amines is 1. The Morgan fingerprint density at radius 2 is 1.19 bits per heavy atom. The first-order valence-corrected chi connectivity index (χ1v) is 13.8. The van der Waals surface area contributed by atoms with Gasteiger partial charge < -0.3 is 0 Å². The van der Waals surface area contributed by atoms with Gasteiger partial charge in [0.05, 0.1) is 6.54 Å². The Labute approximate surface area is 199 Å². The summed E-state index contributed by atoms with van der Waals surface area (Å²) in [5.41, 5.74) is 1.52. The lowest BCUT2D eigenvalue weighted by atomic mass is 9.90. The predicted molar refractivity (Wildman–Crippen MR) is 139 cm³/mol. The maximum atomic E-state index is 3.16. The summed E-state index contributed by atoms with van der Waals surface area (Å²) in [6, 6.07) is 11.2. The van der Waals surface area contributed by atoms with Crippen molar-refractivity contribution in [2.75, 3.05) is 0 Å². The summed E-state index contributed by atoms with van der Waals surface area (Å²) < 4.78 is 2.27. The van der Waals surface area contributed by atoms with E-state index in [4.69, 9.17) is 0 Å². The van der Waals surface area contributed by atoms with Gasteiger partial charge in [0.2, 0.25) is 6.33 Å². The molecule has 180 valence electrons. The molecule has 2 rings (SSSR count). The molecule has 1 aromatic heterocycles. The largest absolute Gasteiger partial charge is 0.250 e. The van der Waals surface area contributed by atoms with Gasteiger partial charge in [-0.25, -0.2) is 4.57 Å². The molecule has 0 aliphatic heterocycles. The van der Waals surface area contributed by atoms with Crippen LogP contribution in [0.3, 0.4) is 0 Å². The Morgan fingerprint density at radius 3 is 1.69 bits per heavy atom. The normalized spacial score (nSPS) is 12.5. The van der Waals surface area contributed by atoms with Gasteiger partial charge in [0.15, 0.2) is 0 Å². The zero-order valence-corrected chi connectivity index (χ0v) is 21.2. The van der Waals surface area contributed by atoms with Crippen molar-refractivity contribution in [2.45, 2.75) is 129 Å². The molecule has 1 N–H and O–H groups in total. The Balaban J connectivity index is 1.44. The highest BCUT2D eigenvalue weighted by Crippen LogP contribution is 2.26. The quantitative estimate of drug-likeness (QED) is 0.157. The molecule has 1 unspecified atom stereocenters. The van der Waals surface area contributed by atoms with Gasteiger partial charge in [0.1, 0.15) is 12.4 Å². The van der Waals surface area contributed by atoms with Crippen molar-refractivity contribution in [1.82, 2.24) is 4.98 Å². The third kappa shape index (κ3) is 13.1. The fourth-order valence-electron chi connectivity index (χ4n) is 4.86. The van der Waals surface area contributed by atoms with E-state index in [0.29, 0.717) is 5.92 Å². The average Bonchev–Trinajstić information content (AvgIpc) is 3.32. The molecule has 1 heterocycles. The van der Waals surface area contributed by atoms with Crippen molar-refractivity contribution in [3.63, 3.8) is 0 Å². The van der Waals surface area contributed by atoms with Crippen LogP contribution < -0.4 is 4.57 Å². The smallest absolute Gasteiger partial charge is 0.241 e. The molecule has 0 amide bonds. The summed E-state index contributed by atoms with van der Waals surface area (Å²) in [7, 11) is 0. The summed E-state index contributed by atoms with van der Waals surface area (Å²) in [4.78, 5) is 3.16. The minimum absolute atomic E-state index is 0.684. The average molecular weight is 440 g/mol. The maximum absolute atomic E-state index is 3.16. The summed E-state index contributed by atoms with van der Waals surface area (Å²) in [5, 5.41) is 0. The molecule has 0 aliphatic rings. The van der Waals surface area contributed by atoms with Crippen LogP contribution in [0.2, 0.25) is 0 Å². The standard InChI is InChI=1S/C30H50N2/c1-28(2)19-15-12-10-8-6-4-3-5-7-9-11-13-16-22-30(29-20-17-14-18-21-29)23-25-32-26-24-31-27-32/h14,17-18,20-21,24,26-28,30H,3-13,15-16,19,22-23,25H2,1-2H3/p+1. The van der Waals surface area contributed by atoms with Gasteiger partial charge in [-0.05, 0) is 30.2 Å². The van der Waals surface area contributed by atoms with Crippen molar-refractivity contribution in [2.24, 2.45) is 5.92 Å². The summed E-state index contributed by atoms with van der Waals surface area (Å²) in [5.74, 6) is 1.57. The Morgan fingerprint density at radius 1 is 0.656 bits per heavy atom. The van der Waals surface area contributed by atoms with E-state index in [1.54, 1.807) is 0 Å². The van der Waals surface area contributed by atoms with Crippen LogP contribution in [0.25, 0.3) is 0 Å². The Bertz CT molecular complexity index is 632. The molecule has 0 bridgehead atoms. The van der Waals surface area contributed by atoms with Gasteiger partial charge in [-0.15, -0.1) is 0 Å². The Kier molecular flexibility index (Phi) is 14.9. The van der Waals surface area contributed by atoms with Crippen LogP contribution in [0.15, 0.2) is 49.1 Å². The van der Waals surface area contributed by atoms with E-state index in [1.165, 1.54) is 108 Å². The van der Waals surface area contributed by atoms with E-state index in [1.807, 2.05) is 6.20 Å². The van der Waals surface area contributed by atoms with E-state index < -0.39 is 0 Å². The van der Waals surface area contributed by atoms with E-state index >= 15 is 0 Å². The van der Waals surface area contributed by atoms with Crippen molar-refractivity contribution in [1.29, 1.82) is 0 Å². The molecule has 0 saturated heterocycles. The molecule has 0 saturated carbocycles. The second kappa shape index (κ2) is 17.9. The molecule has 2 heteroatoms. The number of imidazole rings is 1. The Hall–Kier alpha value is -1.57. The first-order chi connectivity index (χ1) is 15.8. The highest BCUT2D eigenvalue weighted by atomic mass is 15.0. The topological polar surface area (TPSA) is 19.7 Å². The zero-order chi connectivity index (χ0) is 22.7. The third-order valence-electron chi connectivity index (χ3n) is 6.94. The first-order valence-electron chi connectivity index (χ1n) is 13.8. The van der Waals surface area contributed by atoms with Gasteiger partial charge in [-0.3, -0.25) is 4.98 Å². The molecule has 0 spiro atoms. The van der Waals surface area contributed by atoms with E-state index in [2.05, 4.69) is 66.3 Å². The molecule has 0 radical (unpaired) electrons. The van der Waals surface area contributed by atoms with E-state index in [-0.39, 0.29) is 0 Å². The lowest BCUT2D eigenvalue weighted by molar-refractivity contribution is -0.696. The second-order valence-corrected chi connectivity index (χ2v) is 10.3. The number of aryl methyl sites for hydroxylation is 1. The molecule has 2 aromatic rings. The summed E-state index contributed by atoms with van der Waals surface area (Å²) in [6.07, 6.45) is 28.9. The molecular weight excluding hydrogens is 388 g/mol. The van der Waals surface area contributed by atoms with Crippen LogP contribution in [0.4, 0.5) is 0 Å². The number of aromatic nitrogens is 2. The monoisotopic (exact) mass is 439 g/mol. The number of H-pyrrole nitrogens is 1. The minimum Gasteiger partial charge on any atom is -0.250 e. The molecule has 2 nitrogen and oxygen atoms in total. The second-order valence-electron chi connectivity index (χ2n) is 10.3. The zero-order valence-electron chi connectivity index (χ0n) is 21.2. The number of rotatable bonds is 20. The molecular formula is C30H51N2+. The predicted octanol–water partition coefficient (Wildman–Crippen LogP) is 8.98.